The number of aromatic hydroxyl groups is 2. The number of nitrogens with zero attached hydrogens (tertiary/aromatic N) is 3. The number of rotatable bonds is 5. The van der Waals surface area contributed by atoms with Crippen molar-refractivity contribution in [1.29, 1.82) is 0 Å². The maximum Gasteiger partial charge on any atom is 0.469 e. The number of carbonyl (C=O) groups excluding carboxylic acids is 1. The van der Waals surface area contributed by atoms with Crippen LogP contribution in [0.5, 0.6) is 11.5 Å². The molecule has 3 aliphatic carbocycles. The van der Waals surface area contributed by atoms with E-state index in [1.54, 1.807) is 10.9 Å². The number of phosphoric acid groups is 1. The highest BCUT2D eigenvalue weighted by Gasteiger charge is 2.55. The second kappa shape index (κ2) is 10.1. The Morgan fingerprint density at radius 2 is 2.02 bits per heavy atom. The smallest absolute Gasteiger partial charge is 0.469 e. The van der Waals surface area contributed by atoms with E-state index >= 15 is 0 Å². The van der Waals surface area contributed by atoms with Gasteiger partial charge in [-0.05, 0) is 49.9 Å². The first-order valence-electron chi connectivity index (χ1n) is 14.7. The minimum Gasteiger partial charge on any atom is -0.504 e. The number of hydrogen-bond acceptors (Lipinski definition) is 10. The third-order valence-corrected chi connectivity index (χ3v) is 10.9. The Kier molecular flexibility index (Phi) is 6.74. The molecule has 2 aromatic heterocycles. The zero-order chi connectivity index (χ0) is 31.3. The summed E-state index contributed by atoms with van der Waals surface area (Å²) in [6.45, 7) is 1.50. The normalized spacial score (nSPS) is 31.7. The van der Waals surface area contributed by atoms with Gasteiger partial charge in [0.2, 0.25) is 5.52 Å². The fourth-order valence-corrected chi connectivity index (χ4v) is 8.76. The van der Waals surface area contributed by atoms with Gasteiger partial charge in [0.25, 0.3) is 11.5 Å². The van der Waals surface area contributed by atoms with Crippen molar-refractivity contribution in [2.45, 2.75) is 76.2 Å². The molecule has 1 saturated heterocycles. The van der Waals surface area contributed by atoms with Crippen LogP contribution >= 0.6 is 7.82 Å². The van der Waals surface area contributed by atoms with Gasteiger partial charge in [-0.2, -0.15) is 0 Å². The van der Waals surface area contributed by atoms with Crippen LogP contribution in [0.2, 0.25) is 0 Å². The fourth-order valence-electron chi connectivity index (χ4n) is 8.41. The Bertz CT molecular complexity index is 1800. The van der Waals surface area contributed by atoms with Gasteiger partial charge in [-0.25, -0.2) is 13.7 Å². The van der Waals surface area contributed by atoms with Crippen molar-refractivity contribution < 1.29 is 48.3 Å². The molecule has 236 valence electrons. The van der Waals surface area contributed by atoms with Crippen LogP contribution in [0.4, 0.5) is 5.95 Å². The number of phenols is 2. The summed E-state index contributed by atoms with van der Waals surface area (Å²) in [6, 6.07) is 1.42. The summed E-state index contributed by atoms with van der Waals surface area (Å²) >= 11 is 0. The van der Waals surface area contributed by atoms with Crippen LogP contribution in [-0.4, -0.2) is 64.2 Å². The van der Waals surface area contributed by atoms with E-state index in [2.05, 4.69) is 21.4 Å². The Morgan fingerprint density at radius 3 is 2.77 bits per heavy atom. The van der Waals surface area contributed by atoms with Gasteiger partial charge in [0, 0.05) is 35.4 Å². The van der Waals surface area contributed by atoms with E-state index < -0.39 is 38.4 Å². The molecule has 0 unspecified atom stereocenters. The number of nitrogen functional groups attached to an aromatic ring is 1. The van der Waals surface area contributed by atoms with E-state index in [0.29, 0.717) is 42.7 Å². The number of phenolic OH excluding ortho intramolecular Hbond substituents is 2. The van der Waals surface area contributed by atoms with E-state index in [1.807, 2.05) is 0 Å². The molecular weight excluding hydrogens is 597 g/mol. The van der Waals surface area contributed by atoms with Crippen LogP contribution in [0.15, 0.2) is 17.2 Å². The lowest BCUT2D eigenvalue weighted by molar-refractivity contribution is -0.739. The number of ether oxygens (including phenoxy) is 1. The molecule has 2 saturated carbocycles. The lowest BCUT2D eigenvalue weighted by Crippen LogP contribution is -2.42. The maximum absolute atomic E-state index is 13.4. The number of Topliss-reactive ketones (excluding diaryl/α,β-unsaturated/α-hetero) is 1. The molecule has 4 aliphatic rings. The van der Waals surface area contributed by atoms with Crippen molar-refractivity contribution in [3.8, 4) is 17.2 Å². The van der Waals surface area contributed by atoms with Crippen LogP contribution in [0, 0.1) is 17.3 Å². The molecule has 3 fully saturated rings. The number of benzene rings is 1. The van der Waals surface area contributed by atoms with Crippen molar-refractivity contribution in [3.63, 3.8) is 0 Å². The third kappa shape index (κ3) is 4.48. The molecule has 0 radical (unpaired) electrons. The van der Waals surface area contributed by atoms with Gasteiger partial charge in [0.05, 0.1) is 12.7 Å². The van der Waals surface area contributed by atoms with E-state index in [0.717, 1.165) is 18.4 Å². The number of phosphoric ester groups is 1. The van der Waals surface area contributed by atoms with Crippen LogP contribution in [0.3, 0.4) is 0 Å². The first-order valence-corrected chi connectivity index (χ1v) is 16.3. The number of ketones is 1. The summed E-state index contributed by atoms with van der Waals surface area (Å²) in [5.74, 6) is -0.0617. The summed E-state index contributed by atoms with van der Waals surface area (Å²) in [5.41, 5.74) is 7.05. The predicted octanol–water partition coefficient (Wildman–Crippen LogP) is 1.18. The highest BCUT2D eigenvalue weighted by molar-refractivity contribution is 7.46. The molecule has 7 atom stereocenters. The molecule has 16 heteroatoms. The van der Waals surface area contributed by atoms with Crippen molar-refractivity contribution in [1.82, 2.24) is 14.5 Å². The van der Waals surface area contributed by atoms with Gasteiger partial charge >= 0.3 is 13.5 Å². The molecular formula is C28H35N5O10P+. The van der Waals surface area contributed by atoms with E-state index in [1.165, 1.54) is 10.6 Å². The minimum absolute atomic E-state index is 0.00866. The highest BCUT2D eigenvalue weighted by Crippen LogP contribution is 2.61. The van der Waals surface area contributed by atoms with Crippen molar-refractivity contribution >= 4 is 30.7 Å². The molecule has 1 aromatic carbocycles. The van der Waals surface area contributed by atoms with E-state index in [9.17, 15) is 29.5 Å². The van der Waals surface area contributed by atoms with Crippen molar-refractivity contribution in [2.75, 3.05) is 12.3 Å². The molecule has 0 spiro atoms. The summed E-state index contributed by atoms with van der Waals surface area (Å²) < 4.78 is 24.8. The summed E-state index contributed by atoms with van der Waals surface area (Å²) in [4.78, 5) is 51.4. The number of fused-ring (bicyclic) bond motifs is 6. The van der Waals surface area contributed by atoms with E-state index in [-0.39, 0.29) is 58.2 Å². The Morgan fingerprint density at radius 1 is 1.25 bits per heavy atom. The number of imidazole rings is 1. The van der Waals surface area contributed by atoms with Crippen LogP contribution in [0.1, 0.15) is 68.7 Å². The topological polar surface area (TPSA) is 234 Å². The number of carbonyl (C=O) groups is 1. The van der Waals surface area contributed by atoms with Crippen LogP contribution in [-0.2, 0) is 25.0 Å². The summed E-state index contributed by atoms with van der Waals surface area (Å²) in [6.07, 6.45) is 2.44. The average Bonchev–Trinajstić information content (AvgIpc) is 3.61. The number of anilines is 1. The lowest BCUT2D eigenvalue weighted by Gasteiger charge is -2.48. The van der Waals surface area contributed by atoms with Gasteiger partial charge in [-0.3, -0.25) is 19.1 Å². The van der Waals surface area contributed by atoms with Crippen molar-refractivity contribution in [3.05, 3.63) is 33.9 Å². The maximum atomic E-state index is 13.4. The molecule has 8 N–H and O–H groups in total. The number of aromatic amines is 1. The molecule has 7 rings (SSSR count). The monoisotopic (exact) mass is 632 g/mol. The first kappa shape index (κ1) is 29.4. The van der Waals surface area contributed by atoms with Crippen LogP contribution < -0.4 is 15.9 Å². The molecule has 3 heterocycles. The van der Waals surface area contributed by atoms with Gasteiger partial charge in [-0.1, -0.05) is 11.9 Å². The quantitative estimate of drug-likeness (QED) is 0.119. The second-order valence-corrected chi connectivity index (χ2v) is 14.0. The molecule has 15 nitrogen and oxygen atoms in total. The first-order chi connectivity index (χ1) is 20.8. The molecule has 3 aromatic rings. The van der Waals surface area contributed by atoms with Crippen molar-refractivity contribution in [2.24, 2.45) is 17.3 Å². The molecule has 1 aliphatic heterocycles. The average molecular weight is 633 g/mol. The fraction of sp³-hybridized carbons (Fsp3) is 0.571. The number of aliphatic hydroxyl groups excluding tert-OH is 1. The minimum atomic E-state index is -4.81. The largest absolute Gasteiger partial charge is 0.504 e. The van der Waals surface area contributed by atoms with Gasteiger partial charge in [0.1, 0.15) is 17.6 Å². The number of nitrogens with one attached hydrogen (secondary N) is 1. The standard InChI is InChI=1S/C28H34N5O10P/c1-28-7-6-13-12(15(28)4-5-20(28)36)2-3-14-22(13)16(8-18(35)24(14)37)32-11-33(25-23(32)26(38)31-27(29)30-25)21-9-17(34)19(43-21)10-42-44(39,40)41/h8,11-13,15,17,19,21,34H,2-7,9-10H2,1H3,(H6-,29,30,31,35,37,38,39,40,41)/p+1/t12-,13+,15+,17+,19-,21-,28+/m1/s1. The number of H-pyrrole nitrogens is 1. The number of hydrogen-bond donors (Lipinski definition) is 7. The third-order valence-electron chi connectivity index (χ3n) is 10.4. The second-order valence-electron chi connectivity index (χ2n) is 12.7. The Labute approximate surface area is 250 Å². The number of nitrogens with two attached hydrogens (primary N) is 1. The number of aliphatic hydroxyl groups is 1. The number of aromatic nitrogens is 4. The summed E-state index contributed by atoms with van der Waals surface area (Å²) in [5, 5.41) is 32.5. The molecule has 0 amide bonds. The van der Waals surface area contributed by atoms with Gasteiger partial charge in [-0.15, -0.1) is 0 Å². The highest BCUT2D eigenvalue weighted by atomic mass is 31.2. The molecule has 44 heavy (non-hydrogen) atoms. The zero-order valence-corrected chi connectivity index (χ0v) is 24.8. The Hall–Kier alpha value is -3.33. The zero-order valence-electron chi connectivity index (χ0n) is 23.9. The van der Waals surface area contributed by atoms with E-state index in [4.69, 9.17) is 20.3 Å². The van der Waals surface area contributed by atoms with Gasteiger partial charge < -0.3 is 35.6 Å². The Balaban J connectivity index is 1.36. The lowest BCUT2D eigenvalue weighted by atomic mass is 9.55. The predicted molar refractivity (Wildman–Crippen MR) is 152 cm³/mol. The van der Waals surface area contributed by atoms with Crippen LogP contribution in [0.25, 0.3) is 16.9 Å². The summed E-state index contributed by atoms with van der Waals surface area (Å²) in [7, 11) is -4.81. The molecule has 0 bridgehead atoms. The SMILES string of the molecule is C[C@]12CC[C@@H]3c4c(-n5c[n+]([C@H]6C[C@H](O)[C@@H](COP(=O)(O)O)O6)c6nc(N)[nH]c(=O)c65)cc(O)c(O)c4CC[C@H]3[C@@H]1CCC2=O. The van der Waals surface area contributed by atoms with Gasteiger partial charge in [0.15, 0.2) is 24.1 Å².